The standard InChI is InChI=1S/C17H22N2O2S/c1-13(2)8-10-19(11-9-16(20)21)17-18-15(12-22-17)14-6-4-3-5-7-14/h3-7,12-13H,8-11H2,1-2H3,(H,20,21). The molecule has 22 heavy (non-hydrogen) atoms. The van der Waals surface area contributed by atoms with Crippen molar-refractivity contribution in [2.75, 3.05) is 18.0 Å². The predicted octanol–water partition coefficient (Wildman–Crippen LogP) is 4.14. The molecule has 0 bridgehead atoms. The first-order valence-corrected chi connectivity index (χ1v) is 8.42. The number of hydrogen-bond acceptors (Lipinski definition) is 4. The van der Waals surface area contributed by atoms with Crippen LogP contribution >= 0.6 is 11.3 Å². The van der Waals surface area contributed by atoms with E-state index in [1.54, 1.807) is 11.3 Å². The van der Waals surface area contributed by atoms with Crippen LogP contribution in [0.1, 0.15) is 26.7 Å². The summed E-state index contributed by atoms with van der Waals surface area (Å²) in [5, 5.41) is 11.9. The number of hydrogen-bond donors (Lipinski definition) is 1. The highest BCUT2D eigenvalue weighted by molar-refractivity contribution is 7.14. The Bertz CT molecular complexity index is 596. The molecule has 1 aromatic heterocycles. The lowest BCUT2D eigenvalue weighted by Gasteiger charge is -2.22. The van der Waals surface area contributed by atoms with Crippen molar-refractivity contribution in [2.24, 2.45) is 5.92 Å². The summed E-state index contributed by atoms with van der Waals surface area (Å²) < 4.78 is 0. The number of anilines is 1. The van der Waals surface area contributed by atoms with Gasteiger partial charge in [-0.15, -0.1) is 11.3 Å². The molecule has 0 radical (unpaired) electrons. The minimum Gasteiger partial charge on any atom is -0.481 e. The first kappa shape index (κ1) is 16.5. The fourth-order valence-corrected chi connectivity index (χ4v) is 2.99. The van der Waals surface area contributed by atoms with Crippen molar-refractivity contribution in [1.29, 1.82) is 0 Å². The van der Waals surface area contributed by atoms with Gasteiger partial charge in [0.15, 0.2) is 5.13 Å². The first-order chi connectivity index (χ1) is 10.6. The molecular formula is C17H22N2O2S. The maximum Gasteiger partial charge on any atom is 0.305 e. The van der Waals surface area contributed by atoms with E-state index in [4.69, 9.17) is 5.11 Å². The summed E-state index contributed by atoms with van der Waals surface area (Å²) in [7, 11) is 0. The Labute approximate surface area is 135 Å². The molecule has 0 saturated carbocycles. The summed E-state index contributed by atoms with van der Waals surface area (Å²) in [4.78, 5) is 17.6. The number of benzene rings is 1. The van der Waals surface area contributed by atoms with Crippen molar-refractivity contribution < 1.29 is 9.90 Å². The number of carbonyl (C=O) groups is 1. The van der Waals surface area contributed by atoms with E-state index < -0.39 is 5.97 Å². The molecule has 2 aromatic rings. The highest BCUT2D eigenvalue weighted by Crippen LogP contribution is 2.27. The first-order valence-electron chi connectivity index (χ1n) is 7.54. The van der Waals surface area contributed by atoms with Gasteiger partial charge in [0, 0.05) is 24.0 Å². The molecule has 1 N–H and O–H groups in total. The lowest BCUT2D eigenvalue weighted by Crippen LogP contribution is -2.28. The van der Waals surface area contributed by atoms with Crippen molar-refractivity contribution in [2.45, 2.75) is 26.7 Å². The summed E-state index contributed by atoms with van der Waals surface area (Å²) in [6.45, 7) is 5.69. The van der Waals surface area contributed by atoms with Crippen molar-refractivity contribution in [3.05, 3.63) is 35.7 Å². The Kier molecular flexibility index (Phi) is 5.95. The molecule has 0 fully saturated rings. The average Bonchev–Trinajstić information content (AvgIpc) is 2.97. The summed E-state index contributed by atoms with van der Waals surface area (Å²) >= 11 is 1.58. The molecule has 0 aliphatic heterocycles. The zero-order chi connectivity index (χ0) is 15.9. The molecule has 2 rings (SSSR count). The third-order valence-electron chi connectivity index (χ3n) is 3.40. The number of thiazole rings is 1. The van der Waals surface area contributed by atoms with Gasteiger partial charge >= 0.3 is 5.97 Å². The summed E-state index contributed by atoms with van der Waals surface area (Å²) in [6, 6.07) is 10.0. The van der Waals surface area contributed by atoms with E-state index >= 15 is 0 Å². The Morgan fingerprint density at radius 1 is 1.27 bits per heavy atom. The molecule has 0 aliphatic rings. The van der Waals surface area contributed by atoms with Gasteiger partial charge in [0.2, 0.25) is 0 Å². The van der Waals surface area contributed by atoms with Crippen LogP contribution in [0.3, 0.4) is 0 Å². The number of carboxylic acid groups (broad SMARTS) is 1. The molecule has 0 unspecified atom stereocenters. The second kappa shape index (κ2) is 7.94. The van der Waals surface area contributed by atoms with E-state index in [-0.39, 0.29) is 6.42 Å². The van der Waals surface area contributed by atoms with E-state index in [9.17, 15) is 4.79 Å². The Morgan fingerprint density at radius 3 is 2.64 bits per heavy atom. The summed E-state index contributed by atoms with van der Waals surface area (Å²) in [6.07, 6.45) is 1.16. The minimum atomic E-state index is -0.769. The van der Waals surface area contributed by atoms with Crippen LogP contribution < -0.4 is 4.90 Å². The van der Waals surface area contributed by atoms with Crippen LogP contribution in [0.25, 0.3) is 11.3 Å². The third kappa shape index (κ3) is 4.84. The maximum atomic E-state index is 10.9. The van der Waals surface area contributed by atoms with Crippen LogP contribution in [0, 0.1) is 5.92 Å². The molecule has 118 valence electrons. The molecule has 0 spiro atoms. The van der Waals surface area contributed by atoms with Crippen molar-refractivity contribution in [1.82, 2.24) is 4.98 Å². The number of aliphatic carboxylic acids is 1. The van der Waals surface area contributed by atoms with Crippen molar-refractivity contribution in [3.8, 4) is 11.3 Å². The molecule has 1 heterocycles. The third-order valence-corrected chi connectivity index (χ3v) is 4.31. The minimum absolute atomic E-state index is 0.137. The monoisotopic (exact) mass is 318 g/mol. The molecule has 0 amide bonds. The van der Waals surface area contributed by atoms with Crippen molar-refractivity contribution >= 4 is 22.4 Å². The molecule has 0 aliphatic carbocycles. The quantitative estimate of drug-likeness (QED) is 0.795. The smallest absolute Gasteiger partial charge is 0.305 e. The van der Waals surface area contributed by atoms with Gasteiger partial charge in [-0.25, -0.2) is 4.98 Å². The van der Waals surface area contributed by atoms with E-state index in [1.807, 2.05) is 35.7 Å². The van der Waals surface area contributed by atoms with Crippen LogP contribution in [-0.4, -0.2) is 29.1 Å². The van der Waals surface area contributed by atoms with Crippen LogP contribution in [-0.2, 0) is 4.79 Å². The van der Waals surface area contributed by atoms with Crippen LogP contribution in [0.15, 0.2) is 35.7 Å². The zero-order valence-electron chi connectivity index (χ0n) is 13.0. The SMILES string of the molecule is CC(C)CCN(CCC(=O)O)c1nc(-c2ccccc2)cs1. The number of carboxylic acids is 1. The lowest BCUT2D eigenvalue weighted by molar-refractivity contribution is -0.136. The Hall–Kier alpha value is -1.88. The average molecular weight is 318 g/mol. The fourth-order valence-electron chi connectivity index (χ4n) is 2.10. The van der Waals surface area contributed by atoms with Crippen molar-refractivity contribution in [3.63, 3.8) is 0 Å². The maximum absolute atomic E-state index is 10.9. The van der Waals surface area contributed by atoms with Gasteiger partial charge in [0.05, 0.1) is 12.1 Å². The van der Waals surface area contributed by atoms with Crippen LogP contribution in [0.4, 0.5) is 5.13 Å². The molecular weight excluding hydrogens is 296 g/mol. The molecule has 4 nitrogen and oxygen atoms in total. The largest absolute Gasteiger partial charge is 0.481 e. The van der Waals surface area contributed by atoms with Gasteiger partial charge in [-0.3, -0.25) is 4.79 Å². The van der Waals surface area contributed by atoms with E-state index in [0.29, 0.717) is 12.5 Å². The Balaban J connectivity index is 2.12. The van der Waals surface area contributed by atoms with E-state index in [0.717, 1.165) is 29.4 Å². The highest BCUT2D eigenvalue weighted by atomic mass is 32.1. The number of nitrogens with zero attached hydrogens (tertiary/aromatic N) is 2. The van der Waals surface area contributed by atoms with E-state index in [1.165, 1.54) is 0 Å². The van der Waals surface area contributed by atoms with Crippen LogP contribution in [0.2, 0.25) is 0 Å². The second-order valence-electron chi connectivity index (χ2n) is 5.69. The Morgan fingerprint density at radius 2 is 2.00 bits per heavy atom. The van der Waals surface area contributed by atoms with Gasteiger partial charge in [-0.1, -0.05) is 44.2 Å². The predicted molar refractivity (Wildman–Crippen MR) is 91.5 cm³/mol. The molecule has 5 heteroatoms. The lowest BCUT2D eigenvalue weighted by atomic mass is 10.1. The second-order valence-corrected chi connectivity index (χ2v) is 6.53. The van der Waals surface area contributed by atoms with Gasteiger partial charge < -0.3 is 10.0 Å². The van der Waals surface area contributed by atoms with Gasteiger partial charge in [0.25, 0.3) is 0 Å². The van der Waals surface area contributed by atoms with E-state index in [2.05, 4.69) is 23.7 Å². The zero-order valence-corrected chi connectivity index (χ0v) is 13.8. The molecule has 0 saturated heterocycles. The molecule has 1 aromatic carbocycles. The normalized spacial score (nSPS) is 10.9. The topological polar surface area (TPSA) is 53.4 Å². The van der Waals surface area contributed by atoms with Crippen LogP contribution in [0.5, 0.6) is 0 Å². The fraction of sp³-hybridized carbons (Fsp3) is 0.412. The highest BCUT2D eigenvalue weighted by Gasteiger charge is 2.14. The van der Waals surface area contributed by atoms with Gasteiger partial charge in [-0.05, 0) is 12.3 Å². The van der Waals surface area contributed by atoms with Gasteiger partial charge in [0.1, 0.15) is 0 Å². The number of aromatic nitrogens is 1. The summed E-state index contributed by atoms with van der Waals surface area (Å²) in [5.74, 6) is -0.185. The number of rotatable bonds is 8. The summed E-state index contributed by atoms with van der Waals surface area (Å²) in [5.41, 5.74) is 2.04. The van der Waals surface area contributed by atoms with Gasteiger partial charge in [-0.2, -0.15) is 0 Å². The molecule has 0 atom stereocenters.